The van der Waals surface area contributed by atoms with E-state index < -0.39 is 0 Å². The standard InChI is InChI=1S/C10H15NO2.C8H8O2/c1-12-9-4-3-8(5-6-11)7-10(9)13-2;1-6-3-2-4-7-8(6)10-5-9-7/h3-4,7H,5-6,11H2,1-2H3;2-4H,5H2,1H3. The van der Waals surface area contributed by atoms with Crippen LogP contribution >= 0.6 is 0 Å². The SMILES string of the molecule is COc1ccc(CCN)cc1OC.Cc1cccc2c1OCO2. The van der Waals surface area contributed by atoms with Gasteiger partial charge in [0.1, 0.15) is 0 Å². The average molecular weight is 317 g/mol. The quantitative estimate of drug-likeness (QED) is 0.939. The lowest BCUT2D eigenvalue weighted by Gasteiger charge is -2.08. The molecule has 1 heterocycles. The fraction of sp³-hybridized carbons (Fsp3) is 0.333. The van der Waals surface area contributed by atoms with Gasteiger partial charge >= 0.3 is 0 Å². The maximum absolute atomic E-state index is 5.45. The highest BCUT2D eigenvalue weighted by Gasteiger charge is 2.13. The third-order valence-electron chi connectivity index (χ3n) is 3.47. The number of methoxy groups -OCH3 is 2. The topological polar surface area (TPSA) is 62.9 Å². The van der Waals surface area contributed by atoms with Crippen molar-refractivity contribution in [3.63, 3.8) is 0 Å². The van der Waals surface area contributed by atoms with Crippen LogP contribution in [0, 0.1) is 6.92 Å². The first-order valence-corrected chi connectivity index (χ1v) is 7.45. The second-order valence-corrected chi connectivity index (χ2v) is 5.04. The summed E-state index contributed by atoms with van der Waals surface area (Å²) in [4.78, 5) is 0. The number of nitrogens with two attached hydrogens (primary N) is 1. The number of para-hydroxylation sites is 1. The Morgan fingerprint density at radius 2 is 1.83 bits per heavy atom. The third kappa shape index (κ3) is 4.29. The molecular weight excluding hydrogens is 294 g/mol. The average Bonchev–Trinajstić information content (AvgIpc) is 3.06. The van der Waals surface area contributed by atoms with Crippen LogP contribution in [0.5, 0.6) is 23.0 Å². The molecule has 23 heavy (non-hydrogen) atoms. The molecule has 0 bridgehead atoms. The molecule has 0 atom stereocenters. The lowest BCUT2D eigenvalue weighted by atomic mass is 10.1. The predicted octanol–water partition coefficient (Wildman–Crippen LogP) is 2.93. The minimum Gasteiger partial charge on any atom is -0.493 e. The normalized spacial score (nSPS) is 11.5. The first-order valence-electron chi connectivity index (χ1n) is 7.45. The molecule has 124 valence electrons. The van der Waals surface area contributed by atoms with Crippen LogP contribution in [0.25, 0.3) is 0 Å². The summed E-state index contributed by atoms with van der Waals surface area (Å²) >= 11 is 0. The van der Waals surface area contributed by atoms with Crippen molar-refractivity contribution in [1.82, 2.24) is 0 Å². The van der Waals surface area contributed by atoms with Crippen molar-refractivity contribution in [2.45, 2.75) is 13.3 Å². The molecule has 1 aliphatic heterocycles. The maximum atomic E-state index is 5.45. The van der Waals surface area contributed by atoms with Crippen LogP contribution in [-0.2, 0) is 6.42 Å². The van der Waals surface area contributed by atoms with Gasteiger partial charge in [-0.3, -0.25) is 0 Å². The van der Waals surface area contributed by atoms with Crippen molar-refractivity contribution in [3.8, 4) is 23.0 Å². The van der Waals surface area contributed by atoms with Gasteiger partial charge in [0, 0.05) is 0 Å². The zero-order chi connectivity index (χ0) is 16.7. The van der Waals surface area contributed by atoms with Crippen LogP contribution in [0.1, 0.15) is 11.1 Å². The summed E-state index contributed by atoms with van der Waals surface area (Å²) in [5, 5.41) is 0. The summed E-state index contributed by atoms with van der Waals surface area (Å²) in [5.74, 6) is 3.26. The molecule has 0 saturated heterocycles. The van der Waals surface area contributed by atoms with Gasteiger partial charge in [0.25, 0.3) is 0 Å². The zero-order valence-corrected chi connectivity index (χ0v) is 13.8. The minimum absolute atomic E-state index is 0.361. The van der Waals surface area contributed by atoms with Crippen molar-refractivity contribution >= 4 is 0 Å². The summed E-state index contributed by atoms with van der Waals surface area (Å²) in [5.41, 5.74) is 7.75. The molecule has 0 fully saturated rings. The third-order valence-corrected chi connectivity index (χ3v) is 3.47. The van der Waals surface area contributed by atoms with Crippen molar-refractivity contribution < 1.29 is 18.9 Å². The van der Waals surface area contributed by atoms with E-state index in [1.165, 1.54) is 5.56 Å². The second kappa shape index (κ2) is 8.29. The number of rotatable bonds is 4. The molecule has 0 spiro atoms. The van der Waals surface area contributed by atoms with Crippen LogP contribution in [-0.4, -0.2) is 27.6 Å². The van der Waals surface area contributed by atoms with Gasteiger partial charge in [-0.25, -0.2) is 0 Å². The predicted molar refractivity (Wildman–Crippen MR) is 89.6 cm³/mol. The van der Waals surface area contributed by atoms with Gasteiger partial charge in [0.15, 0.2) is 23.0 Å². The summed E-state index contributed by atoms with van der Waals surface area (Å²) in [6.07, 6.45) is 0.861. The van der Waals surface area contributed by atoms with Crippen LogP contribution in [0.4, 0.5) is 0 Å². The van der Waals surface area contributed by atoms with Gasteiger partial charge in [-0.2, -0.15) is 0 Å². The van der Waals surface area contributed by atoms with Crippen LogP contribution < -0.4 is 24.7 Å². The smallest absolute Gasteiger partial charge is 0.231 e. The van der Waals surface area contributed by atoms with Gasteiger partial charge in [-0.15, -0.1) is 0 Å². The Kier molecular flexibility index (Phi) is 6.11. The Morgan fingerprint density at radius 3 is 2.48 bits per heavy atom. The molecule has 0 aromatic heterocycles. The van der Waals surface area contributed by atoms with Gasteiger partial charge in [-0.1, -0.05) is 18.2 Å². The maximum Gasteiger partial charge on any atom is 0.231 e. The van der Waals surface area contributed by atoms with Gasteiger partial charge in [-0.05, 0) is 49.2 Å². The lowest BCUT2D eigenvalue weighted by Crippen LogP contribution is -2.03. The zero-order valence-electron chi connectivity index (χ0n) is 13.8. The summed E-state index contributed by atoms with van der Waals surface area (Å²) in [6, 6.07) is 11.7. The van der Waals surface area contributed by atoms with Gasteiger partial charge < -0.3 is 24.7 Å². The molecule has 2 aromatic rings. The Morgan fingerprint density at radius 1 is 1.04 bits per heavy atom. The Hall–Kier alpha value is -2.40. The largest absolute Gasteiger partial charge is 0.493 e. The summed E-state index contributed by atoms with van der Waals surface area (Å²) in [7, 11) is 3.25. The molecule has 5 nitrogen and oxygen atoms in total. The Balaban J connectivity index is 0.000000172. The van der Waals surface area contributed by atoms with E-state index in [0.717, 1.165) is 35.0 Å². The first kappa shape index (κ1) is 17.0. The molecule has 2 N–H and O–H groups in total. The first-order chi connectivity index (χ1) is 11.2. The van der Waals surface area contributed by atoms with E-state index >= 15 is 0 Å². The molecule has 0 unspecified atom stereocenters. The van der Waals surface area contributed by atoms with Crippen molar-refractivity contribution in [2.75, 3.05) is 27.6 Å². The van der Waals surface area contributed by atoms with Crippen molar-refractivity contribution in [2.24, 2.45) is 5.73 Å². The Labute approximate surface area is 136 Å². The molecule has 0 radical (unpaired) electrons. The number of fused-ring (bicyclic) bond motifs is 1. The molecule has 3 rings (SSSR count). The minimum atomic E-state index is 0.361. The lowest BCUT2D eigenvalue weighted by molar-refractivity contribution is 0.173. The Bertz CT molecular complexity index is 643. The highest BCUT2D eigenvalue weighted by atomic mass is 16.7. The fourth-order valence-electron chi connectivity index (χ4n) is 2.28. The van der Waals surface area contributed by atoms with Crippen molar-refractivity contribution in [3.05, 3.63) is 47.5 Å². The van der Waals surface area contributed by atoms with E-state index in [2.05, 4.69) is 0 Å². The summed E-state index contributed by atoms with van der Waals surface area (Å²) < 4.78 is 20.6. The number of hydrogen-bond acceptors (Lipinski definition) is 5. The van der Waals surface area contributed by atoms with Gasteiger partial charge in [0.2, 0.25) is 6.79 Å². The van der Waals surface area contributed by atoms with E-state index in [1.54, 1.807) is 14.2 Å². The summed E-state index contributed by atoms with van der Waals surface area (Å²) in [6.45, 7) is 3.02. The molecular formula is C18H23NO4. The van der Waals surface area contributed by atoms with E-state index in [-0.39, 0.29) is 0 Å². The van der Waals surface area contributed by atoms with E-state index in [4.69, 9.17) is 24.7 Å². The molecule has 0 amide bonds. The fourth-order valence-corrected chi connectivity index (χ4v) is 2.28. The highest BCUT2D eigenvalue weighted by molar-refractivity contribution is 5.47. The molecule has 0 saturated carbocycles. The molecule has 5 heteroatoms. The van der Waals surface area contributed by atoms with E-state index in [1.807, 2.05) is 43.3 Å². The number of benzene rings is 2. The van der Waals surface area contributed by atoms with Crippen molar-refractivity contribution in [1.29, 1.82) is 0 Å². The number of ether oxygens (including phenoxy) is 4. The van der Waals surface area contributed by atoms with Crippen LogP contribution in [0.3, 0.4) is 0 Å². The van der Waals surface area contributed by atoms with Gasteiger partial charge in [0.05, 0.1) is 14.2 Å². The van der Waals surface area contributed by atoms with E-state index in [0.29, 0.717) is 13.3 Å². The molecule has 2 aromatic carbocycles. The number of aryl methyl sites for hydroxylation is 1. The number of hydrogen-bond donors (Lipinski definition) is 1. The monoisotopic (exact) mass is 317 g/mol. The molecule has 1 aliphatic rings. The second-order valence-electron chi connectivity index (χ2n) is 5.04. The highest BCUT2D eigenvalue weighted by Crippen LogP contribution is 2.34. The van der Waals surface area contributed by atoms with E-state index in [9.17, 15) is 0 Å². The van der Waals surface area contributed by atoms with Crippen LogP contribution in [0.15, 0.2) is 36.4 Å². The molecule has 0 aliphatic carbocycles. The van der Waals surface area contributed by atoms with Crippen LogP contribution in [0.2, 0.25) is 0 Å².